The number of carbonyl (C=O) groups excluding carboxylic acids is 3. The predicted octanol–water partition coefficient (Wildman–Crippen LogP) is 4.46. The van der Waals surface area contributed by atoms with Crippen LogP contribution in [-0.4, -0.2) is 81.0 Å². The highest BCUT2D eigenvalue weighted by atomic mass is 35.5. The first-order valence-electron chi connectivity index (χ1n) is 16.0. The van der Waals surface area contributed by atoms with Gasteiger partial charge < -0.3 is 25.7 Å². The molecule has 2 aliphatic heterocycles. The molecule has 244 valence electrons. The number of carboxylic acid groups (broad SMARTS) is 1. The van der Waals surface area contributed by atoms with Crippen LogP contribution in [0.1, 0.15) is 91.0 Å². The monoisotopic (exact) mass is 640 g/mol. The quantitative estimate of drug-likeness (QED) is 0.301. The molecule has 11 heteroatoms. The van der Waals surface area contributed by atoms with E-state index in [1.165, 1.54) is 12.1 Å². The lowest BCUT2D eigenvalue weighted by Gasteiger charge is -2.52. The first kappa shape index (κ1) is 34.4. The van der Waals surface area contributed by atoms with Crippen molar-refractivity contribution in [3.8, 4) is 0 Å². The molecule has 0 unspecified atom stereocenters. The molecule has 0 radical (unpaired) electrons. The predicted molar refractivity (Wildman–Crippen MR) is 173 cm³/mol. The molecular formula is C34H45ClN4O6. The Bertz CT molecular complexity index is 1350. The molecular weight excluding hydrogens is 596 g/mol. The van der Waals surface area contributed by atoms with E-state index in [0.29, 0.717) is 50.3 Å². The lowest BCUT2D eigenvalue weighted by Crippen LogP contribution is -2.75. The van der Waals surface area contributed by atoms with E-state index in [4.69, 9.17) is 0 Å². The van der Waals surface area contributed by atoms with Gasteiger partial charge in [0.15, 0.2) is 0 Å². The van der Waals surface area contributed by atoms with E-state index in [1.54, 1.807) is 29.2 Å². The van der Waals surface area contributed by atoms with Gasteiger partial charge in [-0.1, -0.05) is 50.8 Å². The highest BCUT2D eigenvalue weighted by Crippen LogP contribution is 2.36. The van der Waals surface area contributed by atoms with Crippen LogP contribution in [0.2, 0.25) is 0 Å². The Morgan fingerprint density at radius 3 is 2.36 bits per heavy atom. The maximum atomic E-state index is 13.8. The molecule has 2 aromatic carbocycles. The van der Waals surface area contributed by atoms with Gasteiger partial charge in [-0.25, -0.2) is 4.79 Å². The number of likely N-dealkylation sites (tertiary alicyclic amines) is 1. The Morgan fingerprint density at radius 1 is 1.02 bits per heavy atom. The van der Waals surface area contributed by atoms with Crippen LogP contribution in [0.25, 0.3) is 0 Å². The van der Waals surface area contributed by atoms with Crippen LogP contribution in [0.15, 0.2) is 48.5 Å². The first-order chi connectivity index (χ1) is 21.2. The summed E-state index contributed by atoms with van der Waals surface area (Å²) in [4.78, 5) is 55.6. The largest absolute Gasteiger partial charge is 0.478 e. The van der Waals surface area contributed by atoms with Crippen molar-refractivity contribution >= 4 is 41.8 Å². The maximum absolute atomic E-state index is 13.8. The number of aromatic carboxylic acids is 1. The summed E-state index contributed by atoms with van der Waals surface area (Å²) in [5.41, 5.74) is 1.09. The fraction of sp³-hybridized carbons (Fsp3) is 0.529. The Morgan fingerprint density at radius 2 is 1.71 bits per heavy atom. The van der Waals surface area contributed by atoms with Crippen molar-refractivity contribution in [2.45, 2.75) is 88.9 Å². The van der Waals surface area contributed by atoms with Gasteiger partial charge in [-0.3, -0.25) is 19.3 Å². The van der Waals surface area contributed by atoms with Gasteiger partial charge in [0.2, 0.25) is 11.8 Å². The average molecular weight is 641 g/mol. The second-order valence-corrected chi connectivity index (χ2v) is 12.5. The summed E-state index contributed by atoms with van der Waals surface area (Å²) in [6, 6.07) is 12.5. The minimum absolute atomic E-state index is 0. The van der Waals surface area contributed by atoms with Gasteiger partial charge in [-0.05, 0) is 73.9 Å². The number of aliphatic hydroxyl groups excluding tert-OH is 1. The van der Waals surface area contributed by atoms with Crippen LogP contribution in [0, 0.1) is 5.92 Å². The molecule has 0 bridgehead atoms. The van der Waals surface area contributed by atoms with Crippen molar-refractivity contribution in [2.24, 2.45) is 5.92 Å². The van der Waals surface area contributed by atoms with E-state index in [2.05, 4.69) is 22.5 Å². The summed E-state index contributed by atoms with van der Waals surface area (Å²) >= 11 is 0. The number of carboxylic acids is 1. The number of nitrogens with zero attached hydrogens (tertiary/aromatic N) is 2. The molecule has 45 heavy (non-hydrogen) atoms. The van der Waals surface area contributed by atoms with Crippen LogP contribution in [-0.2, 0) is 16.1 Å². The first-order valence-corrected chi connectivity index (χ1v) is 16.0. The lowest BCUT2D eigenvalue weighted by molar-refractivity contribution is -0.166. The fourth-order valence-corrected chi connectivity index (χ4v) is 6.99. The van der Waals surface area contributed by atoms with E-state index in [-0.39, 0.29) is 41.6 Å². The number of piperazine rings is 1. The minimum atomic E-state index is -1.06. The summed E-state index contributed by atoms with van der Waals surface area (Å²) in [6.07, 6.45) is 6.95. The highest BCUT2D eigenvalue weighted by molar-refractivity contribution is 6.05. The van der Waals surface area contributed by atoms with Crippen molar-refractivity contribution in [1.29, 1.82) is 0 Å². The van der Waals surface area contributed by atoms with Crippen LogP contribution >= 0.6 is 12.4 Å². The standard InChI is InChI=1S/C34H44N4O6.ClH/c1-2-3-18-38-31(41)28(29(39)24-8-5-4-6-9-24)36-33(44)34(38)16-19-37(20-17-34)22-23-12-14-25(15-13-23)30(40)35-27-11-7-10-26(21-27)32(42)43;/h7,10-15,21,24,28-29,39H,2-6,8-9,16-20,22H2,1H3,(H,35,40)(H,36,44)(H,42,43);1H/t28-,29-;/m1./s1. The Kier molecular flexibility index (Phi) is 11.6. The second kappa shape index (κ2) is 15.2. The normalized spacial score (nSPS) is 21.1. The SMILES string of the molecule is CCCCN1C(=O)[C@@H]([C@H](O)C2CCCCC2)NC(=O)C12CCN(Cc1ccc(C(=O)Nc3cccc(C(=O)O)c3)cc1)CC2.Cl. The molecule has 3 amide bonds. The van der Waals surface area contributed by atoms with E-state index >= 15 is 0 Å². The molecule has 0 aromatic heterocycles. The topological polar surface area (TPSA) is 139 Å². The zero-order chi connectivity index (χ0) is 31.3. The highest BCUT2D eigenvalue weighted by Gasteiger charge is 2.55. The van der Waals surface area contributed by atoms with Gasteiger partial charge in [-0.15, -0.1) is 12.4 Å². The number of amides is 3. The average Bonchev–Trinajstić information content (AvgIpc) is 3.04. The summed E-state index contributed by atoms with van der Waals surface area (Å²) in [5.74, 6) is -1.63. The van der Waals surface area contributed by atoms with E-state index < -0.39 is 23.7 Å². The zero-order valence-electron chi connectivity index (χ0n) is 25.9. The van der Waals surface area contributed by atoms with Crippen LogP contribution in [0.3, 0.4) is 0 Å². The van der Waals surface area contributed by atoms with Gasteiger partial charge in [0, 0.05) is 37.4 Å². The lowest BCUT2D eigenvalue weighted by atomic mass is 9.78. The summed E-state index contributed by atoms with van der Waals surface area (Å²) in [7, 11) is 0. The smallest absolute Gasteiger partial charge is 0.335 e. The van der Waals surface area contributed by atoms with Gasteiger partial charge in [0.25, 0.3) is 5.91 Å². The number of aliphatic hydroxyl groups is 1. The molecule has 3 aliphatic rings. The molecule has 2 heterocycles. The van der Waals surface area contributed by atoms with Gasteiger partial charge >= 0.3 is 5.97 Å². The van der Waals surface area contributed by atoms with E-state index in [0.717, 1.165) is 50.5 Å². The Hall–Kier alpha value is -3.47. The Balaban J connectivity index is 0.00000461. The maximum Gasteiger partial charge on any atom is 0.335 e. The number of benzene rings is 2. The molecule has 4 N–H and O–H groups in total. The van der Waals surface area contributed by atoms with Crippen molar-refractivity contribution in [2.75, 3.05) is 25.0 Å². The fourth-order valence-electron chi connectivity index (χ4n) is 6.99. The molecule has 2 saturated heterocycles. The molecule has 3 fully saturated rings. The van der Waals surface area contributed by atoms with Crippen LogP contribution in [0.5, 0.6) is 0 Å². The second-order valence-electron chi connectivity index (χ2n) is 12.5. The molecule has 1 saturated carbocycles. The van der Waals surface area contributed by atoms with E-state index in [9.17, 15) is 29.4 Å². The molecule has 5 rings (SSSR count). The van der Waals surface area contributed by atoms with Crippen LogP contribution in [0.4, 0.5) is 5.69 Å². The van der Waals surface area contributed by atoms with Gasteiger partial charge in [0.1, 0.15) is 11.6 Å². The number of halogens is 1. The number of unbranched alkanes of at least 4 members (excludes halogenated alkanes) is 1. The van der Waals surface area contributed by atoms with Gasteiger partial charge in [0.05, 0.1) is 11.7 Å². The third-order valence-electron chi connectivity index (χ3n) is 9.64. The number of anilines is 1. The summed E-state index contributed by atoms with van der Waals surface area (Å²) < 4.78 is 0. The minimum Gasteiger partial charge on any atom is -0.478 e. The summed E-state index contributed by atoms with van der Waals surface area (Å²) in [6.45, 7) is 4.51. The third kappa shape index (κ3) is 7.68. The molecule has 1 aliphatic carbocycles. The van der Waals surface area contributed by atoms with Crippen LogP contribution < -0.4 is 10.6 Å². The summed E-state index contributed by atoms with van der Waals surface area (Å²) in [5, 5.41) is 26.1. The van der Waals surface area contributed by atoms with Gasteiger partial charge in [-0.2, -0.15) is 0 Å². The molecule has 10 nitrogen and oxygen atoms in total. The molecule has 2 atom stereocenters. The van der Waals surface area contributed by atoms with Crippen molar-refractivity contribution in [3.63, 3.8) is 0 Å². The third-order valence-corrected chi connectivity index (χ3v) is 9.64. The van der Waals surface area contributed by atoms with Crippen molar-refractivity contribution < 1.29 is 29.4 Å². The molecule has 1 spiro atoms. The van der Waals surface area contributed by atoms with Crippen molar-refractivity contribution in [1.82, 2.24) is 15.1 Å². The number of carbonyl (C=O) groups is 4. The molecule has 2 aromatic rings. The number of nitrogens with one attached hydrogen (secondary N) is 2. The number of hydrogen-bond donors (Lipinski definition) is 4. The Labute approximate surface area is 271 Å². The van der Waals surface area contributed by atoms with Crippen molar-refractivity contribution in [3.05, 3.63) is 65.2 Å². The number of piperidine rings is 1. The van der Waals surface area contributed by atoms with E-state index in [1.807, 2.05) is 12.1 Å². The zero-order valence-corrected chi connectivity index (χ0v) is 26.7. The number of rotatable bonds is 10. The number of hydrogen-bond acceptors (Lipinski definition) is 6.